The molecule has 3 rings (SSSR count). The molecule has 0 aliphatic rings. The SMILES string of the molecule is C=CCSc1nnc(NC(=O)c2ccc(-c3ccccc3F)o2)s1. The van der Waals surface area contributed by atoms with Crippen LogP contribution in [0.2, 0.25) is 0 Å². The van der Waals surface area contributed by atoms with Crippen LogP contribution in [0.25, 0.3) is 11.3 Å². The van der Waals surface area contributed by atoms with Gasteiger partial charge in [-0.1, -0.05) is 41.3 Å². The Morgan fingerprint density at radius 1 is 1.33 bits per heavy atom. The molecule has 0 saturated carbocycles. The van der Waals surface area contributed by atoms with Crippen LogP contribution in [-0.4, -0.2) is 21.9 Å². The summed E-state index contributed by atoms with van der Waals surface area (Å²) in [5, 5.41) is 10.8. The van der Waals surface area contributed by atoms with Gasteiger partial charge in [0.15, 0.2) is 10.1 Å². The Balaban J connectivity index is 1.71. The number of hydrogen-bond donors (Lipinski definition) is 1. The van der Waals surface area contributed by atoms with Gasteiger partial charge in [0.25, 0.3) is 5.91 Å². The average molecular weight is 361 g/mol. The van der Waals surface area contributed by atoms with Gasteiger partial charge in [0.1, 0.15) is 11.6 Å². The van der Waals surface area contributed by atoms with Gasteiger partial charge in [-0.15, -0.1) is 16.8 Å². The number of anilines is 1. The number of hydrogen-bond acceptors (Lipinski definition) is 6. The van der Waals surface area contributed by atoms with E-state index in [0.29, 0.717) is 16.4 Å². The zero-order chi connectivity index (χ0) is 16.9. The summed E-state index contributed by atoms with van der Waals surface area (Å²) < 4.78 is 19.9. The van der Waals surface area contributed by atoms with Crippen LogP contribution in [0.4, 0.5) is 9.52 Å². The van der Waals surface area contributed by atoms with Crippen LogP contribution in [0, 0.1) is 5.82 Å². The second-order valence-corrected chi connectivity index (χ2v) is 6.82. The van der Waals surface area contributed by atoms with Crippen molar-refractivity contribution in [1.29, 1.82) is 0 Å². The zero-order valence-electron chi connectivity index (χ0n) is 12.4. The highest BCUT2D eigenvalue weighted by molar-refractivity contribution is 8.01. The van der Waals surface area contributed by atoms with Gasteiger partial charge in [-0.05, 0) is 24.3 Å². The Morgan fingerprint density at radius 2 is 2.17 bits per heavy atom. The minimum atomic E-state index is -0.464. The second kappa shape index (κ2) is 7.41. The summed E-state index contributed by atoms with van der Waals surface area (Å²) in [4.78, 5) is 12.2. The fourth-order valence-corrected chi connectivity index (χ4v) is 3.38. The lowest BCUT2D eigenvalue weighted by atomic mass is 10.1. The molecule has 1 N–H and O–H groups in total. The Labute approximate surface area is 145 Å². The van der Waals surface area contributed by atoms with Gasteiger partial charge in [-0.25, -0.2) is 4.39 Å². The van der Waals surface area contributed by atoms with Gasteiger partial charge < -0.3 is 4.42 Å². The molecule has 3 aromatic rings. The predicted molar refractivity (Wildman–Crippen MR) is 92.9 cm³/mol. The molecule has 1 aromatic carbocycles. The molecular formula is C16H12FN3O2S2. The summed E-state index contributed by atoms with van der Waals surface area (Å²) in [6.07, 6.45) is 1.76. The standard InChI is InChI=1S/C16H12FN3O2S2/c1-2-9-23-16-20-19-15(24-16)18-14(21)13-8-7-12(22-13)10-5-3-4-6-11(10)17/h2-8H,1,9H2,(H,18,19,21). The van der Waals surface area contributed by atoms with Crippen LogP contribution in [0.1, 0.15) is 10.6 Å². The maximum absolute atomic E-state index is 13.8. The Morgan fingerprint density at radius 3 is 2.96 bits per heavy atom. The maximum atomic E-state index is 13.8. The van der Waals surface area contributed by atoms with Crippen LogP contribution in [0.3, 0.4) is 0 Å². The number of rotatable bonds is 6. The van der Waals surface area contributed by atoms with E-state index in [0.717, 1.165) is 4.34 Å². The van der Waals surface area contributed by atoms with Gasteiger partial charge in [-0.2, -0.15) is 0 Å². The minimum Gasteiger partial charge on any atom is -0.451 e. The molecule has 5 nitrogen and oxygen atoms in total. The molecule has 1 amide bonds. The lowest BCUT2D eigenvalue weighted by Crippen LogP contribution is -2.10. The van der Waals surface area contributed by atoms with Gasteiger partial charge in [-0.3, -0.25) is 10.1 Å². The number of nitrogens with zero attached hydrogens (tertiary/aromatic N) is 2. The number of benzene rings is 1. The van der Waals surface area contributed by atoms with Crippen molar-refractivity contribution in [3.05, 3.63) is 60.6 Å². The number of thioether (sulfide) groups is 1. The summed E-state index contributed by atoms with van der Waals surface area (Å²) >= 11 is 2.74. The smallest absolute Gasteiger partial charge is 0.293 e. The van der Waals surface area contributed by atoms with E-state index in [1.165, 1.54) is 35.2 Å². The normalized spacial score (nSPS) is 10.5. The number of carbonyl (C=O) groups is 1. The zero-order valence-corrected chi connectivity index (χ0v) is 14.0. The van der Waals surface area contributed by atoms with E-state index < -0.39 is 11.7 Å². The van der Waals surface area contributed by atoms with Crippen molar-refractivity contribution in [1.82, 2.24) is 10.2 Å². The van der Waals surface area contributed by atoms with Crippen LogP contribution < -0.4 is 5.32 Å². The molecule has 0 spiro atoms. The topological polar surface area (TPSA) is 68.0 Å². The van der Waals surface area contributed by atoms with Crippen molar-refractivity contribution >= 4 is 34.1 Å². The quantitative estimate of drug-likeness (QED) is 0.399. The average Bonchev–Trinajstić information content (AvgIpc) is 3.23. The summed E-state index contributed by atoms with van der Waals surface area (Å²) in [6.45, 7) is 3.63. The maximum Gasteiger partial charge on any atom is 0.293 e. The number of amides is 1. The lowest BCUT2D eigenvalue weighted by molar-refractivity contribution is 0.0997. The van der Waals surface area contributed by atoms with E-state index in [1.54, 1.807) is 30.3 Å². The first-order valence-corrected chi connectivity index (χ1v) is 8.71. The first-order chi connectivity index (χ1) is 11.7. The van der Waals surface area contributed by atoms with E-state index in [-0.39, 0.29) is 11.5 Å². The minimum absolute atomic E-state index is 0.0729. The monoisotopic (exact) mass is 361 g/mol. The number of furan rings is 1. The second-order valence-electron chi connectivity index (χ2n) is 4.57. The highest BCUT2D eigenvalue weighted by Crippen LogP contribution is 2.27. The summed E-state index contributed by atoms with van der Waals surface area (Å²) in [5.74, 6) is 0.203. The molecule has 0 atom stereocenters. The van der Waals surface area contributed by atoms with E-state index >= 15 is 0 Å². The third-order valence-electron chi connectivity index (χ3n) is 2.92. The molecule has 0 radical (unpaired) electrons. The molecule has 24 heavy (non-hydrogen) atoms. The van der Waals surface area contributed by atoms with Gasteiger partial charge in [0.05, 0.1) is 5.56 Å². The highest BCUT2D eigenvalue weighted by Gasteiger charge is 2.16. The van der Waals surface area contributed by atoms with Crippen LogP contribution in [0.5, 0.6) is 0 Å². The van der Waals surface area contributed by atoms with Crippen molar-refractivity contribution < 1.29 is 13.6 Å². The van der Waals surface area contributed by atoms with E-state index in [1.807, 2.05) is 0 Å². The third kappa shape index (κ3) is 3.72. The van der Waals surface area contributed by atoms with E-state index in [2.05, 4.69) is 22.1 Å². The number of carbonyl (C=O) groups excluding carboxylic acids is 1. The molecule has 122 valence electrons. The van der Waals surface area contributed by atoms with E-state index in [4.69, 9.17) is 4.42 Å². The molecule has 0 bridgehead atoms. The van der Waals surface area contributed by atoms with Crippen LogP contribution >= 0.6 is 23.1 Å². The molecule has 2 heterocycles. The Hall–Kier alpha value is -2.45. The first kappa shape index (κ1) is 16.4. The highest BCUT2D eigenvalue weighted by atomic mass is 32.2. The van der Waals surface area contributed by atoms with Crippen molar-refractivity contribution in [3.63, 3.8) is 0 Å². The molecule has 0 saturated heterocycles. The third-order valence-corrected chi connectivity index (χ3v) is 4.89. The Bertz CT molecular complexity index is 876. The number of nitrogens with one attached hydrogen (secondary N) is 1. The Kier molecular flexibility index (Phi) is 5.07. The van der Waals surface area contributed by atoms with Crippen molar-refractivity contribution in [3.8, 4) is 11.3 Å². The predicted octanol–water partition coefficient (Wildman–Crippen LogP) is 4.47. The molecule has 2 aromatic heterocycles. The summed E-state index contributed by atoms with van der Waals surface area (Å²) in [7, 11) is 0. The summed E-state index contributed by atoms with van der Waals surface area (Å²) in [5.41, 5.74) is 0.301. The van der Waals surface area contributed by atoms with Crippen molar-refractivity contribution in [2.75, 3.05) is 11.1 Å². The molecule has 0 unspecified atom stereocenters. The fourth-order valence-electron chi connectivity index (χ4n) is 1.87. The molecule has 0 fully saturated rings. The fraction of sp³-hybridized carbons (Fsp3) is 0.0625. The van der Waals surface area contributed by atoms with Gasteiger partial charge >= 0.3 is 0 Å². The van der Waals surface area contributed by atoms with Crippen molar-refractivity contribution in [2.24, 2.45) is 0 Å². The molecule has 0 aliphatic heterocycles. The molecule has 8 heteroatoms. The molecular weight excluding hydrogens is 349 g/mol. The van der Waals surface area contributed by atoms with Crippen LogP contribution in [0.15, 0.2) is 57.8 Å². The van der Waals surface area contributed by atoms with Gasteiger partial charge in [0, 0.05) is 5.75 Å². The number of aromatic nitrogens is 2. The summed E-state index contributed by atoms with van der Waals surface area (Å²) in [6, 6.07) is 9.26. The van der Waals surface area contributed by atoms with E-state index in [9.17, 15) is 9.18 Å². The largest absolute Gasteiger partial charge is 0.451 e. The van der Waals surface area contributed by atoms with Gasteiger partial charge in [0.2, 0.25) is 5.13 Å². The number of halogens is 1. The molecule has 0 aliphatic carbocycles. The first-order valence-electron chi connectivity index (χ1n) is 6.90. The lowest BCUT2D eigenvalue weighted by Gasteiger charge is -1.99. The van der Waals surface area contributed by atoms with Crippen LogP contribution in [-0.2, 0) is 0 Å². The van der Waals surface area contributed by atoms with Crippen molar-refractivity contribution in [2.45, 2.75) is 4.34 Å².